The van der Waals surface area contributed by atoms with E-state index in [1.54, 1.807) is 23.1 Å². The van der Waals surface area contributed by atoms with Crippen molar-refractivity contribution in [2.75, 3.05) is 75.8 Å². The van der Waals surface area contributed by atoms with Crippen molar-refractivity contribution in [3.8, 4) is 5.69 Å². The highest BCUT2D eigenvalue weighted by Crippen LogP contribution is 2.43. The maximum atomic E-state index is 15.8. The second-order valence-electron chi connectivity index (χ2n) is 19.2. The summed E-state index contributed by atoms with van der Waals surface area (Å²) in [6, 6.07) is 21.4. The average molecular weight is 950 g/mol. The molecular formula is C49H54ClFN10O5S. The fourth-order valence-corrected chi connectivity index (χ4v) is 11.0. The second-order valence-corrected chi connectivity index (χ2v) is 21.3. The van der Waals surface area contributed by atoms with Gasteiger partial charge in [0.05, 0.1) is 46.6 Å². The maximum Gasteiger partial charge on any atom is 0.267 e. The number of likely N-dealkylation sites (tertiary alicyclic amines) is 1. The number of rotatable bonds is 13. The number of nitrogens with zero attached hydrogens (tertiary/aromatic N) is 7. The molecule has 6 aromatic rings. The molecule has 0 spiro atoms. The monoisotopic (exact) mass is 948 g/mol. The average Bonchev–Trinajstić information content (AvgIpc) is 3.95. The summed E-state index contributed by atoms with van der Waals surface area (Å²) in [6.45, 7) is 11.2. The number of piperidine rings is 1. The number of anilines is 2. The number of hydrogen-bond acceptors (Lipinski definition) is 12. The lowest BCUT2D eigenvalue weighted by molar-refractivity contribution is -0.0832. The van der Waals surface area contributed by atoms with Crippen LogP contribution in [0.3, 0.4) is 0 Å². The van der Waals surface area contributed by atoms with Crippen LogP contribution < -0.4 is 14.9 Å². The number of ether oxygens (including phenoxy) is 1. The molecule has 6 heterocycles. The van der Waals surface area contributed by atoms with Crippen LogP contribution in [0, 0.1) is 10.3 Å². The molecule has 0 unspecified atom stereocenters. The lowest BCUT2D eigenvalue weighted by Crippen LogP contribution is -2.55. The minimum Gasteiger partial charge on any atom is -0.380 e. The molecule has 0 radical (unpaired) electrons. The van der Waals surface area contributed by atoms with Gasteiger partial charge in [0.15, 0.2) is 5.65 Å². The van der Waals surface area contributed by atoms with Gasteiger partial charge >= 0.3 is 0 Å². The fraction of sp³-hybridized carbons (Fsp3) is 0.408. The molecule has 3 aliphatic heterocycles. The normalized spacial score (nSPS) is 19.4. The third kappa shape index (κ3) is 9.44. The van der Waals surface area contributed by atoms with E-state index in [0.29, 0.717) is 67.6 Å². The van der Waals surface area contributed by atoms with E-state index in [1.807, 2.05) is 36.4 Å². The minimum atomic E-state index is -4.53. The van der Waals surface area contributed by atoms with E-state index in [1.165, 1.54) is 28.8 Å². The van der Waals surface area contributed by atoms with Crippen LogP contribution in [-0.2, 0) is 14.8 Å². The summed E-state index contributed by atoms with van der Waals surface area (Å²) in [6.07, 6.45) is 7.22. The Balaban J connectivity index is 0.877. The van der Waals surface area contributed by atoms with Gasteiger partial charge in [-0.25, -0.2) is 27.5 Å². The van der Waals surface area contributed by atoms with Gasteiger partial charge in [0, 0.05) is 80.8 Å². The molecule has 3 aromatic heterocycles. The predicted octanol–water partition coefficient (Wildman–Crippen LogP) is 8.47. The van der Waals surface area contributed by atoms with Gasteiger partial charge in [-0.15, -0.1) is 4.91 Å². The first kappa shape index (κ1) is 45.1. The van der Waals surface area contributed by atoms with E-state index in [0.717, 1.165) is 74.1 Å². The van der Waals surface area contributed by atoms with Gasteiger partial charge < -0.3 is 15.0 Å². The Morgan fingerprint density at radius 3 is 2.48 bits per heavy atom. The Bertz CT molecular complexity index is 2990. The summed E-state index contributed by atoms with van der Waals surface area (Å²) in [7, 11) is -4.53. The number of carbonyl (C=O) groups is 1. The lowest BCUT2D eigenvalue weighted by atomic mass is 9.72. The number of halogens is 2. The van der Waals surface area contributed by atoms with Gasteiger partial charge in [-0.1, -0.05) is 43.2 Å². The molecule has 0 bridgehead atoms. The molecule has 10 rings (SSSR count). The highest BCUT2D eigenvalue weighted by molar-refractivity contribution is 7.90. The van der Waals surface area contributed by atoms with Gasteiger partial charge in [-0.3, -0.25) is 24.4 Å². The summed E-state index contributed by atoms with van der Waals surface area (Å²) in [5, 5.41) is 10.8. The topological polar surface area (TPSA) is 170 Å². The molecule has 3 saturated heterocycles. The minimum absolute atomic E-state index is 0.0703. The number of aromatic amines is 1. The van der Waals surface area contributed by atoms with Crippen LogP contribution in [0.5, 0.6) is 0 Å². The Labute approximate surface area is 393 Å². The Kier molecular flexibility index (Phi) is 12.2. The zero-order chi connectivity index (χ0) is 46.5. The molecule has 350 valence electrons. The van der Waals surface area contributed by atoms with Crippen LogP contribution in [0.2, 0.25) is 5.02 Å². The molecule has 0 saturated carbocycles. The Hall–Kier alpha value is -5.72. The van der Waals surface area contributed by atoms with Crippen molar-refractivity contribution < 1.29 is 22.3 Å². The standard InChI is InChI=1S/C49H54ClFN10O5S/c1-48(2)13-11-34(40(26-48)32-3-5-35(50)6-4-32)28-58-19-21-60(22-20-58)36-7-9-39(44(24-36)61-45-23-33-12-16-52-46(33)55-43(45)27-54-61)47(62)57-67(64,65)38-8-10-41(42(25-38)56-63)53-31-49(51)14-17-59(18-15-49)37-29-66-30-37/h3-10,12,16,23-25,27,37,53-54H,11,13-15,17-22,26,28-31H2,1-2H3,(H,57,62). The van der Waals surface area contributed by atoms with Crippen LogP contribution in [-0.4, -0.2) is 121 Å². The molecular weight excluding hydrogens is 895 g/mol. The largest absolute Gasteiger partial charge is 0.380 e. The molecule has 3 aromatic carbocycles. The SMILES string of the molecule is CC1(C)CCC(CN2CCN(c3ccc(C(=O)NS(=O)(=O)c4ccc(NCC5(F)CCN(C6COC6)CC5)c(N=O)c4)c(-n4[nH]cc5nc6nccc6cc54)c3)CC2)=C(c2ccc(Cl)cc2)C1. The zero-order valence-electron chi connectivity index (χ0n) is 37.6. The number of nitroso groups, excluding NO2 is 1. The highest BCUT2D eigenvalue weighted by atomic mass is 35.5. The molecule has 3 fully saturated rings. The van der Waals surface area contributed by atoms with E-state index in [4.69, 9.17) is 21.3 Å². The first-order valence-electron chi connectivity index (χ1n) is 22.9. The lowest BCUT2D eigenvalue weighted by Gasteiger charge is -2.43. The van der Waals surface area contributed by atoms with Crippen molar-refractivity contribution in [1.29, 1.82) is 0 Å². The molecule has 1 amide bonds. The van der Waals surface area contributed by atoms with Gasteiger partial charge in [0.1, 0.15) is 16.9 Å². The summed E-state index contributed by atoms with van der Waals surface area (Å²) in [5.41, 5.74) is 6.02. The number of aromatic nitrogens is 4. The number of benzene rings is 3. The van der Waals surface area contributed by atoms with Crippen molar-refractivity contribution in [3.05, 3.63) is 112 Å². The Morgan fingerprint density at radius 1 is 0.970 bits per heavy atom. The number of sulfonamides is 1. The molecule has 3 N–H and O–H groups in total. The van der Waals surface area contributed by atoms with E-state index >= 15 is 4.39 Å². The number of piperazine rings is 1. The van der Waals surface area contributed by atoms with E-state index < -0.39 is 21.6 Å². The number of alkyl halides is 1. The zero-order valence-corrected chi connectivity index (χ0v) is 39.2. The number of fused-ring (bicyclic) bond motifs is 2. The third-order valence-corrected chi connectivity index (χ3v) is 15.7. The van der Waals surface area contributed by atoms with Gasteiger partial charge in [-0.2, -0.15) is 0 Å². The van der Waals surface area contributed by atoms with Crippen LogP contribution in [0.4, 0.5) is 21.5 Å². The van der Waals surface area contributed by atoms with Gasteiger partial charge in [0.25, 0.3) is 15.9 Å². The molecule has 18 heteroatoms. The number of pyridine rings is 1. The molecule has 15 nitrogen and oxygen atoms in total. The molecule has 1 aliphatic carbocycles. The van der Waals surface area contributed by atoms with Crippen LogP contribution in [0.1, 0.15) is 61.9 Å². The smallest absolute Gasteiger partial charge is 0.267 e. The Morgan fingerprint density at radius 2 is 1.75 bits per heavy atom. The van der Waals surface area contributed by atoms with E-state index in [9.17, 15) is 18.1 Å². The van der Waals surface area contributed by atoms with Crippen LogP contribution in [0.15, 0.2) is 101 Å². The quantitative estimate of drug-likeness (QED) is 0.0950. The third-order valence-electron chi connectivity index (χ3n) is 14.1. The predicted molar refractivity (Wildman–Crippen MR) is 260 cm³/mol. The number of nitrogens with one attached hydrogen (secondary N) is 3. The molecule has 4 aliphatic rings. The van der Waals surface area contributed by atoms with Crippen molar-refractivity contribution in [2.24, 2.45) is 10.6 Å². The van der Waals surface area contributed by atoms with Gasteiger partial charge in [0.2, 0.25) is 0 Å². The summed E-state index contributed by atoms with van der Waals surface area (Å²) in [5.74, 6) is -0.881. The first-order valence-corrected chi connectivity index (χ1v) is 24.8. The van der Waals surface area contributed by atoms with Gasteiger partial charge in [-0.05, 0) is 114 Å². The second kappa shape index (κ2) is 18.1. The van der Waals surface area contributed by atoms with Crippen molar-refractivity contribution in [1.82, 2.24) is 34.3 Å². The van der Waals surface area contributed by atoms with Crippen molar-refractivity contribution in [3.63, 3.8) is 0 Å². The fourth-order valence-electron chi connectivity index (χ4n) is 9.90. The summed E-state index contributed by atoms with van der Waals surface area (Å²) in [4.78, 5) is 42.0. The van der Waals surface area contributed by atoms with E-state index in [-0.39, 0.29) is 33.8 Å². The number of H-pyrrole nitrogens is 1. The molecule has 0 atom stereocenters. The summed E-state index contributed by atoms with van der Waals surface area (Å²) >= 11 is 6.27. The highest BCUT2D eigenvalue weighted by Gasteiger charge is 2.38. The first-order chi connectivity index (χ1) is 32.2. The number of carbonyl (C=O) groups excluding carboxylic acids is 1. The number of amides is 1. The van der Waals surface area contributed by atoms with Crippen LogP contribution in [0.25, 0.3) is 33.3 Å². The van der Waals surface area contributed by atoms with Crippen LogP contribution >= 0.6 is 11.6 Å². The maximum absolute atomic E-state index is 15.8. The number of allylic oxidation sites excluding steroid dienone is 1. The summed E-state index contributed by atoms with van der Waals surface area (Å²) < 4.78 is 52.9. The van der Waals surface area contributed by atoms with Crippen molar-refractivity contribution in [2.45, 2.75) is 62.6 Å². The van der Waals surface area contributed by atoms with E-state index in [2.05, 4.69) is 66.0 Å². The van der Waals surface area contributed by atoms with Crippen molar-refractivity contribution >= 4 is 72.2 Å². The number of hydrogen-bond donors (Lipinski definition) is 3. The molecule has 67 heavy (non-hydrogen) atoms.